The van der Waals surface area contributed by atoms with Crippen molar-refractivity contribution in [2.75, 3.05) is 0 Å². The van der Waals surface area contributed by atoms with Gasteiger partial charge >= 0.3 is 0 Å². The quantitative estimate of drug-likeness (QED) is 0.732. The number of aryl methyl sites for hydroxylation is 1. The molecule has 0 aliphatic rings. The lowest BCUT2D eigenvalue weighted by Crippen LogP contribution is -2.23. The molecule has 3 aromatic rings. The van der Waals surface area contributed by atoms with E-state index in [9.17, 15) is 9.90 Å². The van der Waals surface area contributed by atoms with Crippen LogP contribution in [0.2, 0.25) is 0 Å². The van der Waals surface area contributed by atoms with Crippen LogP contribution < -0.4 is 5.32 Å². The molecule has 1 atom stereocenters. The third-order valence-corrected chi connectivity index (χ3v) is 5.64. The van der Waals surface area contributed by atoms with Crippen LogP contribution in [0.4, 0.5) is 0 Å². The maximum atomic E-state index is 12.2. The Hall–Kier alpha value is -1.95. The predicted molar refractivity (Wildman–Crippen MR) is 95.0 cm³/mol. The summed E-state index contributed by atoms with van der Waals surface area (Å²) >= 11 is 3.06. The number of amides is 1. The van der Waals surface area contributed by atoms with Crippen LogP contribution >= 0.6 is 22.7 Å². The first-order chi connectivity index (χ1) is 11.1. The van der Waals surface area contributed by atoms with Crippen molar-refractivity contribution in [2.24, 2.45) is 0 Å². The van der Waals surface area contributed by atoms with Crippen LogP contribution in [-0.2, 0) is 6.54 Å². The van der Waals surface area contributed by atoms with Gasteiger partial charge in [-0.2, -0.15) is 0 Å². The lowest BCUT2D eigenvalue weighted by molar-refractivity contribution is 0.0950. The highest BCUT2D eigenvalue weighted by atomic mass is 32.1. The number of rotatable bonds is 5. The summed E-state index contributed by atoms with van der Waals surface area (Å²) in [4.78, 5) is 15.1. The molecule has 0 saturated heterocycles. The van der Waals surface area contributed by atoms with Crippen molar-refractivity contribution in [3.63, 3.8) is 0 Å². The minimum absolute atomic E-state index is 0.0724. The Kier molecular flexibility index (Phi) is 4.91. The molecule has 0 fully saturated rings. The minimum Gasteiger partial charge on any atom is -0.382 e. The van der Waals surface area contributed by atoms with E-state index < -0.39 is 6.10 Å². The van der Waals surface area contributed by atoms with Crippen molar-refractivity contribution in [1.82, 2.24) is 5.32 Å². The van der Waals surface area contributed by atoms with E-state index in [0.717, 1.165) is 20.2 Å². The second kappa shape index (κ2) is 7.08. The Bertz CT molecular complexity index is 793. The molecule has 0 aliphatic heterocycles. The average Bonchev–Trinajstić information content (AvgIpc) is 3.24. The summed E-state index contributed by atoms with van der Waals surface area (Å²) in [6, 6.07) is 15.3. The molecule has 0 unspecified atom stereocenters. The topological polar surface area (TPSA) is 49.3 Å². The van der Waals surface area contributed by atoms with Crippen LogP contribution in [0.5, 0.6) is 0 Å². The molecule has 0 spiro atoms. The van der Waals surface area contributed by atoms with Gasteiger partial charge in [0.1, 0.15) is 6.10 Å². The molecule has 0 saturated carbocycles. The van der Waals surface area contributed by atoms with Crippen LogP contribution in [0.1, 0.15) is 36.7 Å². The van der Waals surface area contributed by atoms with Crippen LogP contribution in [0.15, 0.2) is 53.9 Å². The molecule has 2 aromatic heterocycles. The SMILES string of the molecule is Cc1ccccc1C(=O)NCc1ccc([C@@H](O)c2cccs2)s1. The Labute approximate surface area is 143 Å². The van der Waals surface area contributed by atoms with Crippen LogP contribution in [-0.4, -0.2) is 11.0 Å². The number of aliphatic hydroxyl groups is 1. The number of hydrogen-bond donors (Lipinski definition) is 2. The van der Waals surface area contributed by atoms with Crippen LogP contribution in [0.25, 0.3) is 0 Å². The summed E-state index contributed by atoms with van der Waals surface area (Å²) in [5, 5.41) is 15.2. The number of carbonyl (C=O) groups excluding carboxylic acids is 1. The van der Waals surface area contributed by atoms with Crippen molar-refractivity contribution in [3.8, 4) is 0 Å². The molecular weight excluding hydrogens is 326 g/mol. The molecule has 0 bridgehead atoms. The predicted octanol–water partition coefficient (Wildman–Crippen LogP) is 4.13. The largest absolute Gasteiger partial charge is 0.382 e. The van der Waals surface area contributed by atoms with Gasteiger partial charge in [-0.3, -0.25) is 4.79 Å². The zero-order valence-electron chi connectivity index (χ0n) is 12.7. The first kappa shape index (κ1) is 15.9. The molecule has 0 aliphatic carbocycles. The Balaban J connectivity index is 1.64. The highest BCUT2D eigenvalue weighted by Gasteiger charge is 2.14. The fraction of sp³-hybridized carbons (Fsp3) is 0.167. The molecule has 5 heteroatoms. The number of nitrogens with one attached hydrogen (secondary N) is 1. The molecule has 2 N–H and O–H groups in total. The van der Waals surface area contributed by atoms with Crippen molar-refractivity contribution < 1.29 is 9.90 Å². The Morgan fingerprint density at radius 2 is 1.96 bits per heavy atom. The van der Waals surface area contributed by atoms with Gasteiger partial charge in [-0.25, -0.2) is 0 Å². The van der Waals surface area contributed by atoms with Gasteiger partial charge in [0.2, 0.25) is 0 Å². The summed E-state index contributed by atoms with van der Waals surface area (Å²) in [5.41, 5.74) is 1.66. The van der Waals surface area contributed by atoms with E-state index in [-0.39, 0.29) is 5.91 Å². The molecular formula is C18H17NO2S2. The number of benzene rings is 1. The maximum Gasteiger partial charge on any atom is 0.251 e. The van der Waals surface area contributed by atoms with E-state index >= 15 is 0 Å². The first-order valence-corrected chi connectivity index (χ1v) is 8.98. The van der Waals surface area contributed by atoms with Crippen molar-refractivity contribution >= 4 is 28.6 Å². The van der Waals surface area contributed by atoms with Gasteiger partial charge in [0, 0.05) is 20.2 Å². The summed E-state index contributed by atoms with van der Waals surface area (Å²) in [7, 11) is 0. The highest BCUT2D eigenvalue weighted by molar-refractivity contribution is 7.12. The normalized spacial score (nSPS) is 12.1. The van der Waals surface area contributed by atoms with Gasteiger partial charge in [0.25, 0.3) is 5.91 Å². The molecule has 2 heterocycles. The Morgan fingerprint density at radius 1 is 1.13 bits per heavy atom. The smallest absolute Gasteiger partial charge is 0.251 e. The zero-order chi connectivity index (χ0) is 16.2. The minimum atomic E-state index is -0.583. The second-order valence-corrected chi connectivity index (χ2v) is 7.40. The van der Waals surface area contributed by atoms with Gasteiger partial charge < -0.3 is 10.4 Å². The third kappa shape index (κ3) is 3.69. The van der Waals surface area contributed by atoms with Crippen molar-refractivity contribution in [2.45, 2.75) is 19.6 Å². The average molecular weight is 343 g/mol. The van der Waals surface area contributed by atoms with E-state index in [1.165, 1.54) is 22.7 Å². The molecule has 1 aromatic carbocycles. The van der Waals surface area contributed by atoms with Gasteiger partial charge in [-0.15, -0.1) is 22.7 Å². The molecule has 1 amide bonds. The zero-order valence-corrected chi connectivity index (χ0v) is 14.3. The van der Waals surface area contributed by atoms with E-state index in [0.29, 0.717) is 12.1 Å². The van der Waals surface area contributed by atoms with Gasteiger partial charge in [-0.1, -0.05) is 24.3 Å². The Morgan fingerprint density at radius 3 is 2.70 bits per heavy atom. The summed E-state index contributed by atoms with van der Waals surface area (Å²) in [6.07, 6.45) is -0.583. The van der Waals surface area contributed by atoms with Crippen LogP contribution in [0.3, 0.4) is 0 Å². The molecule has 3 rings (SSSR count). The monoisotopic (exact) mass is 343 g/mol. The van der Waals surface area contributed by atoms with Crippen LogP contribution in [0, 0.1) is 6.92 Å². The molecule has 118 valence electrons. The lowest BCUT2D eigenvalue weighted by Gasteiger charge is -2.07. The summed E-state index contributed by atoms with van der Waals surface area (Å²) in [5.74, 6) is -0.0724. The van der Waals surface area contributed by atoms with Gasteiger partial charge in [0.05, 0.1) is 6.54 Å². The number of hydrogen-bond acceptors (Lipinski definition) is 4. The number of aliphatic hydroxyl groups excluding tert-OH is 1. The number of thiophene rings is 2. The number of carbonyl (C=O) groups is 1. The van der Waals surface area contributed by atoms with E-state index in [1.54, 1.807) is 0 Å². The summed E-state index contributed by atoms with van der Waals surface area (Å²) in [6.45, 7) is 2.39. The highest BCUT2D eigenvalue weighted by Crippen LogP contribution is 2.30. The lowest BCUT2D eigenvalue weighted by atomic mass is 10.1. The van der Waals surface area contributed by atoms with E-state index in [1.807, 2.05) is 60.8 Å². The van der Waals surface area contributed by atoms with Crippen molar-refractivity contribution in [3.05, 3.63) is 79.7 Å². The fourth-order valence-electron chi connectivity index (χ4n) is 2.31. The molecule has 3 nitrogen and oxygen atoms in total. The maximum absolute atomic E-state index is 12.2. The van der Waals surface area contributed by atoms with E-state index in [4.69, 9.17) is 0 Å². The first-order valence-electron chi connectivity index (χ1n) is 7.29. The molecule has 0 radical (unpaired) electrons. The summed E-state index contributed by atoms with van der Waals surface area (Å²) < 4.78 is 0. The fourth-order valence-corrected chi connectivity index (χ4v) is 4.07. The standard InChI is InChI=1S/C18H17NO2S2/c1-12-5-2-3-6-14(12)18(21)19-11-13-8-9-16(23-13)17(20)15-7-4-10-22-15/h2-10,17,20H,11H2,1H3,(H,19,21)/t17-/m0/s1. The van der Waals surface area contributed by atoms with E-state index in [2.05, 4.69) is 5.32 Å². The van der Waals surface area contributed by atoms with Crippen molar-refractivity contribution in [1.29, 1.82) is 0 Å². The van der Waals surface area contributed by atoms with Gasteiger partial charge in [0.15, 0.2) is 0 Å². The van der Waals surface area contributed by atoms with Gasteiger partial charge in [-0.05, 0) is 42.1 Å². The molecule has 23 heavy (non-hydrogen) atoms. The second-order valence-electron chi connectivity index (χ2n) is 5.22. The third-order valence-electron chi connectivity index (χ3n) is 3.58.